The number of carbonyl (C=O) groups excluding carboxylic acids is 2. The number of nitrogens with zero attached hydrogens (tertiary/aromatic N) is 4. The van der Waals surface area contributed by atoms with E-state index >= 15 is 4.79 Å². The number of rotatable bonds is 6. The Morgan fingerprint density at radius 1 is 0.466 bits per heavy atom. The molecule has 0 saturated carbocycles. The molecular formula is C52H30N4O2. The average molecular weight is 743 g/mol. The lowest BCUT2D eigenvalue weighted by Crippen LogP contribution is -2.30. The molecule has 9 aromatic rings. The monoisotopic (exact) mass is 742 g/mol. The number of aromatic nitrogens is 1. The molecule has 0 radical (unpaired) electrons. The summed E-state index contributed by atoms with van der Waals surface area (Å²) in [4.78, 5) is 34.9. The molecule has 0 aliphatic carbocycles. The van der Waals surface area contributed by atoms with Crippen molar-refractivity contribution in [2.45, 2.75) is 0 Å². The highest BCUT2D eigenvalue weighted by Crippen LogP contribution is 2.43. The first kappa shape index (κ1) is 34.2. The van der Waals surface area contributed by atoms with E-state index in [1.54, 1.807) is 18.2 Å². The third-order valence-electron chi connectivity index (χ3n) is 11.0. The highest BCUT2D eigenvalue weighted by Gasteiger charge is 2.40. The van der Waals surface area contributed by atoms with Gasteiger partial charge in [0.25, 0.3) is 11.8 Å². The Morgan fingerprint density at radius 3 is 1.71 bits per heavy atom. The van der Waals surface area contributed by atoms with Crippen LogP contribution < -0.4 is 4.90 Å². The van der Waals surface area contributed by atoms with Crippen LogP contribution in [0.25, 0.3) is 76.8 Å². The molecule has 8 aromatic carbocycles. The minimum absolute atomic E-state index is 0.313. The maximum atomic E-state index is 15.2. The van der Waals surface area contributed by atoms with E-state index in [0.29, 0.717) is 33.8 Å². The molecule has 6 heteroatoms. The van der Waals surface area contributed by atoms with Crippen molar-refractivity contribution in [3.63, 3.8) is 0 Å². The lowest BCUT2D eigenvalue weighted by atomic mass is 9.97. The Balaban J connectivity index is 1.21. The first-order valence-electron chi connectivity index (χ1n) is 18.8. The minimum atomic E-state index is -0.410. The number of hydrogen-bond donors (Lipinski definition) is 0. The fourth-order valence-corrected chi connectivity index (χ4v) is 8.22. The van der Waals surface area contributed by atoms with Crippen molar-refractivity contribution >= 4 is 45.0 Å². The number of amides is 2. The molecular weight excluding hydrogens is 713 g/mol. The van der Waals surface area contributed by atoms with Crippen molar-refractivity contribution in [3.05, 3.63) is 210 Å². The van der Waals surface area contributed by atoms with Crippen LogP contribution >= 0.6 is 0 Å². The van der Waals surface area contributed by atoms with Gasteiger partial charge in [0.2, 0.25) is 0 Å². The summed E-state index contributed by atoms with van der Waals surface area (Å²) in [6.07, 6.45) is 0. The summed E-state index contributed by atoms with van der Waals surface area (Å²) < 4.78 is 2.08. The summed E-state index contributed by atoms with van der Waals surface area (Å²) in [5, 5.41) is 11.6. The zero-order valence-corrected chi connectivity index (χ0v) is 30.9. The Bertz CT molecular complexity index is 3130. The summed E-state index contributed by atoms with van der Waals surface area (Å²) in [5.41, 5.74) is 11.6. The molecule has 1 aromatic heterocycles. The Hall–Kier alpha value is -8.32. The van der Waals surface area contributed by atoms with Gasteiger partial charge in [-0.25, -0.2) is 9.74 Å². The highest BCUT2D eigenvalue weighted by atomic mass is 16.2. The molecule has 0 spiro atoms. The van der Waals surface area contributed by atoms with Crippen molar-refractivity contribution in [2.75, 3.05) is 4.90 Å². The molecule has 10 rings (SSSR count). The van der Waals surface area contributed by atoms with Crippen molar-refractivity contribution in [2.24, 2.45) is 0 Å². The van der Waals surface area contributed by atoms with E-state index in [2.05, 4.69) is 45.8 Å². The molecule has 0 atom stereocenters. The maximum Gasteiger partial charge on any atom is 0.268 e. The predicted octanol–water partition coefficient (Wildman–Crippen LogP) is 12.7. The van der Waals surface area contributed by atoms with Gasteiger partial charge in [-0.15, -0.1) is 0 Å². The predicted molar refractivity (Wildman–Crippen MR) is 231 cm³/mol. The molecule has 2 amide bonds. The molecule has 0 N–H and O–H groups in total. The third-order valence-corrected chi connectivity index (χ3v) is 11.0. The van der Waals surface area contributed by atoms with E-state index in [1.807, 2.05) is 133 Å². The van der Waals surface area contributed by atoms with E-state index < -0.39 is 11.8 Å². The van der Waals surface area contributed by atoms with Crippen LogP contribution in [-0.2, 0) is 0 Å². The van der Waals surface area contributed by atoms with Gasteiger partial charge in [0.05, 0.1) is 51.7 Å². The first-order valence-corrected chi connectivity index (χ1v) is 18.8. The summed E-state index contributed by atoms with van der Waals surface area (Å²) in [6.45, 7) is 7.61. The largest absolute Gasteiger partial charge is 0.308 e. The lowest BCUT2D eigenvalue weighted by molar-refractivity contribution is 0.0926. The van der Waals surface area contributed by atoms with E-state index in [4.69, 9.17) is 6.57 Å². The van der Waals surface area contributed by atoms with Gasteiger partial charge >= 0.3 is 0 Å². The summed E-state index contributed by atoms with van der Waals surface area (Å²) in [7, 11) is 0. The molecule has 6 nitrogen and oxygen atoms in total. The highest BCUT2D eigenvalue weighted by molar-refractivity contribution is 6.36. The van der Waals surface area contributed by atoms with E-state index in [0.717, 1.165) is 66.3 Å². The summed E-state index contributed by atoms with van der Waals surface area (Å²) >= 11 is 0. The third kappa shape index (κ3) is 5.56. The van der Waals surface area contributed by atoms with Crippen LogP contribution in [0.1, 0.15) is 26.3 Å². The van der Waals surface area contributed by atoms with Crippen LogP contribution in [-0.4, -0.2) is 16.4 Å². The van der Waals surface area contributed by atoms with Crippen LogP contribution in [0.15, 0.2) is 182 Å². The van der Waals surface area contributed by atoms with Crippen molar-refractivity contribution in [3.8, 4) is 56.3 Å². The summed E-state index contributed by atoms with van der Waals surface area (Å²) in [6, 6.07) is 60.8. The standard InChI is InChI=1S/C52H30N4O2/c1-54-41-18-9-17-37(28-41)40-23-26-44-43-25-22-39(36-16-8-11-33(27-36)32-53)30-48(43)55(49(44)31-40)46-20-10-19-45-50(46)52(58)56(51(45)57)47-29-38(34-12-4-2-5-13-34)21-24-42(47)35-14-6-3-7-15-35/h2-31H. The van der Waals surface area contributed by atoms with Crippen molar-refractivity contribution < 1.29 is 9.59 Å². The zero-order valence-electron chi connectivity index (χ0n) is 30.9. The van der Waals surface area contributed by atoms with Crippen molar-refractivity contribution in [1.29, 1.82) is 5.26 Å². The lowest BCUT2D eigenvalue weighted by Gasteiger charge is -2.20. The zero-order chi connectivity index (χ0) is 39.3. The first-order chi connectivity index (χ1) is 28.5. The van der Waals surface area contributed by atoms with Crippen LogP contribution in [0, 0.1) is 17.9 Å². The number of anilines is 1. The number of benzene rings is 8. The van der Waals surface area contributed by atoms with Gasteiger partial charge in [-0.2, -0.15) is 5.26 Å². The Labute approximate surface area is 334 Å². The molecule has 270 valence electrons. The number of imide groups is 1. The number of hydrogen-bond acceptors (Lipinski definition) is 3. The van der Waals surface area contributed by atoms with Crippen LogP contribution in [0.3, 0.4) is 0 Å². The van der Waals surface area contributed by atoms with Gasteiger partial charge in [0.1, 0.15) is 0 Å². The van der Waals surface area contributed by atoms with Gasteiger partial charge in [-0.1, -0.05) is 133 Å². The maximum absolute atomic E-state index is 15.2. The molecule has 2 heterocycles. The van der Waals surface area contributed by atoms with E-state index in [9.17, 15) is 10.1 Å². The second kappa shape index (κ2) is 13.8. The topological polar surface area (TPSA) is 70.5 Å². The van der Waals surface area contributed by atoms with Gasteiger partial charge in [-0.3, -0.25) is 9.59 Å². The second-order valence-electron chi connectivity index (χ2n) is 14.3. The molecule has 0 saturated heterocycles. The van der Waals surface area contributed by atoms with E-state index in [1.165, 1.54) is 4.90 Å². The van der Waals surface area contributed by atoms with Gasteiger partial charge < -0.3 is 4.57 Å². The van der Waals surface area contributed by atoms with Gasteiger partial charge in [-0.05, 0) is 87.5 Å². The van der Waals surface area contributed by atoms with E-state index in [-0.39, 0.29) is 0 Å². The fourth-order valence-electron chi connectivity index (χ4n) is 8.22. The number of nitriles is 1. The van der Waals surface area contributed by atoms with Gasteiger partial charge in [0, 0.05) is 16.3 Å². The Kier molecular flexibility index (Phi) is 8.11. The molecule has 0 fully saturated rings. The minimum Gasteiger partial charge on any atom is -0.308 e. The quantitative estimate of drug-likeness (QED) is 0.126. The SMILES string of the molecule is [C-]#[N+]c1cccc(-c2ccc3c4ccc(-c5cccc(C#N)c5)cc4n(-c4cccc5c4C(=O)N(c4cc(-c6ccccc6)ccc4-c4ccccc4)C5=O)c3c2)c1. The van der Waals surface area contributed by atoms with Crippen molar-refractivity contribution in [1.82, 2.24) is 4.57 Å². The molecule has 0 unspecified atom stereocenters. The van der Waals surface area contributed by atoms with Crippen LogP contribution in [0.4, 0.5) is 11.4 Å². The smallest absolute Gasteiger partial charge is 0.268 e. The number of fused-ring (bicyclic) bond motifs is 4. The Morgan fingerprint density at radius 2 is 1.03 bits per heavy atom. The van der Waals surface area contributed by atoms with Crippen LogP contribution in [0.5, 0.6) is 0 Å². The second-order valence-corrected chi connectivity index (χ2v) is 14.3. The van der Waals surface area contributed by atoms with Gasteiger partial charge in [0.15, 0.2) is 5.69 Å². The molecule has 1 aliphatic heterocycles. The molecule has 0 bridgehead atoms. The average Bonchev–Trinajstić information content (AvgIpc) is 3.75. The normalized spacial score (nSPS) is 12.1. The molecule has 58 heavy (non-hydrogen) atoms. The molecule has 1 aliphatic rings. The summed E-state index contributed by atoms with van der Waals surface area (Å²) in [5.74, 6) is -0.803. The fraction of sp³-hybridized carbons (Fsp3) is 0. The number of carbonyl (C=O) groups is 2. The van der Waals surface area contributed by atoms with Crippen LogP contribution in [0.2, 0.25) is 0 Å².